The van der Waals surface area contributed by atoms with Crippen molar-refractivity contribution >= 4 is 23.4 Å². The summed E-state index contributed by atoms with van der Waals surface area (Å²) < 4.78 is 0. The number of fused-ring (bicyclic) bond motifs is 1. The number of amides is 3. The maximum atomic E-state index is 13.6. The number of nitrogens with zero attached hydrogens (tertiary/aromatic N) is 1. The number of allylic oxidation sites excluding steroid dienone is 1. The molecule has 3 rings (SSSR count). The Hall–Kier alpha value is -3.21. The van der Waals surface area contributed by atoms with Crippen LogP contribution >= 0.6 is 0 Å². The van der Waals surface area contributed by atoms with E-state index in [1.807, 2.05) is 6.08 Å². The van der Waals surface area contributed by atoms with Crippen molar-refractivity contribution in [3.63, 3.8) is 0 Å². The van der Waals surface area contributed by atoms with Crippen molar-refractivity contribution in [2.24, 2.45) is 0 Å². The monoisotopic (exact) mass is 404 g/mol. The Morgan fingerprint density at radius 2 is 1.67 bits per heavy atom. The first kappa shape index (κ1) is 21.5. The number of hydrogen-bond donors (Lipinski definition) is 1. The number of benzene rings is 2. The quantitative estimate of drug-likeness (QED) is 0.554. The smallest absolute Gasteiger partial charge is 0.259 e. The van der Waals surface area contributed by atoms with Gasteiger partial charge >= 0.3 is 0 Å². The third-order valence-electron chi connectivity index (χ3n) is 5.58. The van der Waals surface area contributed by atoms with Gasteiger partial charge in [0.25, 0.3) is 17.7 Å². The van der Waals surface area contributed by atoms with Crippen LogP contribution in [0.5, 0.6) is 0 Å². The van der Waals surface area contributed by atoms with E-state index in [4.69, 9.17) is 0 Å². The Labute approximate surface area is 177 Å². The fraction of sp³-hybridized carbons (Fsp3) is 0.320. The molecule has 0 saturated carbocycles. The molecule has 1 aliphatic rings. The molecule has 0 aliphatic carbocycles. The lowest BCUT2D eigenvalue weighted by atomic mass is 9.87. The first-order valence-corrected chi connectivity index (χ1v) is 10.2. The third-order valence-corrected chi connectivity index (χ3v) is 5.58. The second-order valence-corrected chi connectivity index (χ2v) is 8.25. The summed E-state index contributed by atoms with van der Waals surface area (Å²) in [4.78, 5) is 39.6. The van der Waals surface area contributed by atoms with Crippen LogP contribution in [0.1, 0.15) is 87.3 Å². The molecule has 0 fully saturated rings. The summed E-state index contributed by atoms with van der Waals surface area (Å²) in [5.74, 6) is -0.827. The fourth-order valence-electron chi connectivity index (χ4n) is 4.11. The molecule has 5 heteroatoms. The van der Waals surface area contributed by atoms with Crippen LogP contribution in [-0.2, 0) is 6.42 Å². The normalized spacial score (nSPS) is 12.9. The third kappa shape index (κ3) is 3.56. The molecule has 0 aromatic heterocycles. The summed E-state index contributed by atoms with van der Waals surface area (Å²) in [7, 11) is 1.73. The van der Waals surface area contributed by atoms with Crippen molar-refractivity contribution in [2.45, 2.75) is 46.0 Å². The topological polar surface area (TPSA) is 66.5 Å². The van der Waals surface area contributed by atoms with Crippen molar-refractivity contribution in [1.29, 1.82) is 0 Å². The number of hydrogen-bond acceptors (Lipinski definition) is 3. The standard InChI is InChI=1S/C25H28N2O3/c1-7-9-18-16(14(2)3)12-13-17(15(4)5)22(18)27(6)25(30)20-11-8-10-19-21(20)24(29)26-23(19)28/h7-8,10-15H,1,9H2,2-6H3,(H,26,28,29). The van der Waals surface area contributed by atoms with E-state index >= 15 is 0 Å². The van der Waals surface area contributed by atoms with Gasteiger partial charge in [-0.25, -0.2) is 0 Å². The van der Waals surface area contributed by atoms with E-state index in [2.05, 4.69) is 51.7 Å². The zero-order valence-corrected chi connectivity index (χ0v) is 18.2. The second-order valence-electron chi connectivity index (χ2n) is 8.25. The molecule has 1 aliphatic heterocycles. The number of imide groups is 1. The van der Waals surface area contributed by atoms with Crippen LogP contribution in [-0.4, -0.2) is 24.8 Å². The number of carbonyl (C=O) groups is 3. The van der Waals surface area contributed by atoms with E-state index in [1.165, 1.54) is 5.56 Å². The zero-order chi connectivity index (χ0) is 22.2. The van der Waals surface area contributed by atoms with Crippen LogP contribution < -0.4 is 10.2 Å². The Morgan fingerprint density at radius 1 is 1.03 bits per heavy atom. The van der Waals surface area contributed by atoms with Crippen LogP contribution in [0.2, 0.25) is 0 Å². The van der Waals surface area contributed by atoms with Gasteiger partial charge in [0.2, 0.25) is 0 Å². The first-order chi connectivity index (χ1) is 14.2. The minimum absolute atomic E-state index is 0.149. The lowest BCUT2D eigenvalue weighted by Crippen LogP contribution is -2.31. The van der Waals surface area contributed by atoms with E-state index in [-0.39, 0.29) is 34.4 Å². The molecule has 0 radical (unpaired) electrons. The molecule has 1 heterocycles. The van der Waals surface area contributed by atoms with Crippen LogP contribution in [0.15, 0.2) is 43.0 Å². The van der Waals surface area contributed by atoms with Crippen molar-refractivity contribution in [3.8, 4) is 0 Å². The zero-order valence-electron chi connectivity index (χ0n) is 18.2. The first-order valence-electron chi connectivity index (χ1n) is 10.2. The highest BCUT2D eigenvalue weighted by atomic mass is 16.2. The molecule has 5 nitrogen and oxygen atoms in total. The number of carbonyl (C=O) groups excluding carboxylic acids is 3. The SMILES string of the molecule is C=CCc1c(C(C)C)ccc(C(C)C)c1N(C)C(=O)c1cccc2c1C(=O)NC2=O. The molecule has 156 valence electrons. The van der Waals surface area contributed by atoms with Crippen LogP contribution in [0, 0.1) is 0 Å². The van der Waals surface area contributed by atoms with E-state index in [0.717, 1.165) is 16.8 Å². The van der Waals surface area contributed by atoms with Gasteiger partial charge in [0.15, 0.2) is 0 Å². The largest absolute Gasteiger partial charge is 0.311 e. The van der Waals surface area contributed by atoms with E-state index in [0.29, 0.717) is 6.42 Å². The molecule has 3 amide bonds. The van der Waals surface area contributed by atoms with Gasteiger partial charge in [0.1, 0.15) is 0 Å². The van der Waals surface area contributed by atoms with Crippen molar-refractivity contribution in [1.82, 2.24) is 5.32 Å². The fourth-order valence-corrected chi connectivity index (χ4v) is 4.11. The average molecular weight is 405 g/mol. The number of nitrogens with one attached hydrogen (secondary N) is 1. The summed E-state index contributed by atoms with van der Waals surface area (Å²) in [6, 6.07) is 9.01. The molecule has 1 N–H and O–H groups in total. The number of rotatable bonds is 6. The lowest BCUT2D eigenvalue weighted by molar-refractivity contribution is 0.0874. The predicted molar refractivity (Wildman–Crippen MR) is 119 cm³/mol. The molecule has 0 unspecified atom stereocenters. The van der Waals surface area contributed by atoms with Gasteiger partial charge in [-0.1, -0.05) is 52.0 Å². The average Bonchev–Trinajstić information content (AvgIpc) is 3.00. The Morgan fingerprint density at radius 3 is 2.27 bits per heavy atom. The summed E-state index contributed by atoms with van der Waals surface area (Å²) >= 11 is 0. The van der Waals surface area contributed by atoms with Crippen molar-refractivity contribution < 1.29 is 14.4 Å². The van der Waals surface area contributed by atoms with Gasteiger partial charge < -0.3 is 4.90 Å². The minimum atomic E-state index is -0.529. The highest BCUT2D eigenvalue weighted by Gasteiger charge is 2.33. The van der Waals surface area contributed by atoms with Crippen LogP contribution in [0.4, 0.5) is 5.69 Å². The van der Waals surface area contributed by atoms with Crippen molar-refractivity contribution in [3.05, 3.63) is 76.4 Å². The maximum absolute atomic E-state index is 13.6. The summed E-state index contributed by atoms with van der Waals surface area (Å²) in [5, 5.41) is 2.28. The van der Waals surface area contributed by atoms with E-state index < -0.39 is 11.8 Å². The van der Waals surface area contributed by atoms with Crippen LogP contribution in [0.3, 0.4) is 0 Å². The van der Waals surface area contributed by atoms with Gasteiger partial charge in [-0.15, -0.1) is 6.58 Å². The molecule has 0 atom stereocenters. The highest BCUT2D eigenvalue weighted by molar-refractivity contribution is 6.26. The molecule has 0 spiro atoms. The van der Waals surface area contributed by atoms with Gasteiger partial charge in [-0.3, -0.25) is 19.7 Å². The molecule has 0 bridgehead atoms. The second kappa shape index (κ2) is 8.27. The van der Waals surface area contributed by atoms with Gasteiger partial charge in [0.05, 0.1) is 22.4 Å². The van der Waals surface area contributed by atoms with Gasteiger partial charge in [0, 0.05) is 7.05 Å². The minimum Gasteiger partial charge on any atom is -0.311 e. The lowest BCUT2D eigenvalue weighted by Gasteiger charge is -2.28. The Balaban J connectivity index is 2.20. The maximum Gasteiger partial charge on any atom is 0.259 e. The van der Waals surface area contributed by atoms with Crippen molar-refractivity contribution in [2.75, 3.05) is 11.9 Å². The molecule has 2 aromatic carbocycles. The summed E-state index contributed by atoms with van der Waals surface area (Å²) in [6.07, 6.45) is 2.48. The number of anilines is 1. The Kier molecular flexibility index (Phi) is 5.92. The van der Waals surface area contributed by atoms with Gasteiger partial charge in [-0.2, -0.15) is 0 Å². The molecular formula is C25H28N2O3. The van der Waals surface area contributed by atoms with Gasteiger partial charge in [-0.05, 0) is 47.1 Å². The molecule has 30 heavy (non-hydrogen) atoms. The summed E-state index contributed by atoms with van der Waals surface area (Å²) in [5.41, 5.74) is 4.76. The molecular weight excluding hydrogens is 376 g/mol. The highest BCUT2D eigenvalue weighted by Crippen LogP contribution is 2.37. The van der Waals surface area contributed by atoms with E-state index in [9.17, 15) is 14.4 Å². The van der Waals surface area contributed by atoms with E-state index in [1.54, 1.807) is 30.1 Å². The Bertz CT molecular complexity index is 1050. The molecule has 2 aromatic rings. The summed E-state index contributed by atoms with van der Waals surface area (Å²) in [6.45, 7) is 12.3. The predicted octanol–water partition coefficient (Wildman–Crippen LogP) is 4.82. The van der Waals surface area contributed by atoms with Crippen LogP contribution in [0.25, 0.3) is 0 Å². The molecule has 0 saturated heterocycles.